The molecule has 2 amide bonds. The Bertz CT molecular complexity index is 940. The van der Waals surface area contributed by atoms with Gasteiger partial charge in [0.1, 0.15) is 10.6 Å². The number of hydrogen-bond donors (Lipinski definition) is 2. The van der Waals surface area contributed by atoms with Gasteiger partial charge in [0.25, 0.3) is 0 Å². The molecule has 9 heteroatoms. The van der Waals surface area contributed by atoms with Gasteiger partial charge in [-0.15, -0.1) is 0 Å². The molecule has 2 fully saturated rings. The molecule has 3 aliphatic heterocycles. The van der Waals surface area contributed by atoms with Crippen LogP contribution >= 0.6 is 0 Å². The number of nitrogens with zero attached hydrogens (tertiary/aromatic N) is 2. The maximum absolute atomic E-state index is 12.9. The van der Waals surface area contributed by atoms with Gasteiger partial charge in [0.05, 0.1) is 12.2 Å². The average Bonchev–Trinajstić information content (AvgIpc) is 2.81. The van der Waals surface area contributed by atoms with Crippen molar-refractivity contribution >= 4 is 27.5 Å². The summed E-state index contributed by atoms with van der Waals surface area (Å²) in [5.41, 5.74) is -0.376. The monoisotopic (exact) mass is 434 g/mol. The molecular weight excluding hydrogens is 404 g/mol. The Morgan fingerprint density at radius 2 is 1.87 bits per heavy atom. The summed E-state index contributed by atoms with van der Waals surface area (Å²) in [4.78, 5) is 29.3. The molecule has 0 saturated carbocycles. The van der Waals surface area contributed by atoms with Gasteiger partial charge >= 0.3 is 0 Å². The lowest BCUT2D eigenvalue weighted by Crippen LogP contribution is -2.57. The van der Waals surface area contributed by atoms with E-state index < -0.39 is 15.7 Å². The summed E-state index contributed by atoms with van der Waals surface area (Å²) in [7, 11) is -3.67. The predicted molar refractivity (Wildman–Crippen MR) is 113 cm³/mol. The van der Waals surface area contributed by atoms with Crippen LogP contribution in [0.3, 0.4) is 0 Å². The molecule has 8 nitrogen and oxygen atoms in total. The first kappa shape index (κ1) is 21.1. The van der Waals surface area contributed by atoms with Crippen LogP contribution in [0.2, 0.25) is 0 Å². The van der Waals surface area contributed by atoms with Crippen LogP contribution in [0.1, 0.15) is 39.5 Å². The van der Waals surface area contributed by atoms with E-state index in [0.29, 0.717) is 36.9 Å². The summed E-state index contributed by atoms with van der Waals surface area (Å²) in [6.07, 6.45) is 2.02. The van der Waals surface area contributed by atoms with Crippen molar-refractivity contribution < 1.29 is 18.0 Å². The molecule has 1 spiro atoms. The van der Waals surface area contributed by atoms with Crippen LogP contribution in [0.5, 0.6) is 0 Å². The zero-order valence-corrected chi connectivity index (χ0v) is 18.4. The van der Waals surface area contributed by atoms with E-state index in [1.807, 2.05) is 4.90 Å². The SMILES string of the molecule is C[C@@H]1C[C@H](C)CN(C(=O)CN2CC[C@@]3(CCC2=O)Nc2ccccc2S(=O)(=O)N3)C1. The van der Waals surface area contributed by atoms with Crippen LogP contribution in [0, 0.1) is 11.8 Å². The third-order valence-electron chi connectivity index (χ3n) is 6.35. The van der Waals surface area contributed by atoms with Crippen LogP contribution in [-0.4, -0.2) is 61.9 Å². The minimum atomic E-state index is -3.67. The Morgan fingerprint density at radius 3 is 2.60 bits per heavy atom. The minimum absolute atomic E-state index is 0.0276. The Labute approximate surface area is 178 Å². The van der Waals surface area contributed by atoms with E-state index in [2.05, 4.69) is 23.9 Å². The van der Waals surface area contributed by atoms with Crippen molar-refractivity contribution in [2.45, 2.75) is 50.1 Å². The minimum Gasteiger partial charge on any atom is -0.365 e. The molecule has 0 aliphatic carbocycles. The molecule has 30 heavy (non-hydrogen) atoms. The second-order valence-electron chi connectivity index (χ2n) is 9.12. The van der Waals surface area contributed by atoms with Gasteiger partial charge in [0.15, 0.2) is 0 Å². The van der Waals surface area contributed by atoms with E-state index >= 15 is 0 Å². The van der Waals surface area contributed by atoms with Crippen molar-refractivity contribution in [3.63, 3.8) is 0 Å². The number of benzene rings is 1. The smallest absolute Gasteiger partial charge is 0.244 e. The van der Waals surface area contributed by atoms with Gasteiger partial charge in [-0.1, -0.05) is 26.0 Å². The number of anilines is 1. The number of hydrogen-bond acceptors (Lipinski definition) is 5. The molecule has 4 rings (SSSR count). The maximum Gasteiger partial charge on any atom is 0.244 e. The molecule has 0 unspecified atom stereocenters. The lowest BCUT2D eigenvalue weighted by molar-refractivity contribution is -0.141. The Hall–Kier alpha value is -2.13. The summed E-state index contributed by atoms with van der Waals surface area (Å²) >= 11 is 0. The number of fused-ring (bicyclic) bond motifs is 1. The van der Waals surface area contributed by atoms with Crippen molar-refractivity contribution in [1.29, 1.82) is 0 Å². The molecule has 0 bridgehead atoms. The van der Waals surface area contributed by atoms with Gasteiger partial charge in [-0.05, 0) is 36.8 Å². The van der Waals surface area contributed by atoms with E-state index in [9.17, 15) is 18.0 Å². The molecule has 0 radical (unpaired) electrons. The Kier molecular flexibility index (Phi) is 5.52. The summed E-state index contributed by atoms with van der Waals surface area (Å²) in [5.74, 6) is 0.779. The number of amides is 2. The van der Waals surface area contributed by atoms with Gasteiger partial charge in [0.2, 0.25) is 21.8 Å². The van der Waals surface area contributed by atoms with Gasteiger partial charge in [-0.2, -0.15) is 4.72 Å². The van der Waals surface area contributed by atoms with Crippen LogP contribution in [0.4, 0.5) is 5.69 Å². The maximum atomic E-state index is 12.9. The highest BCUT2D eigenvalue weighted by Gasteiger charge is 2.43. The lowest BCUT2D eigenvalue weighted by atomic mass is 9.92. The third-order valence-corrected chi connectivity index (χ3v) is 7.95. The van der Waals surface area contributed by atoms with Crippen LogP contribution in [-0.2, 0) is 19.6 Å². The molecule has 2 N–H and O–H groups in total. The fourth-order valence-electron chi connectivity index (χ4n) is 4.98. The first-order chi connectivity index (χ1) is 14.2. The number of likely N-dealkylation sites (tertiary alicyclic amines) is 2. The van der Waals surface area contributed by atoms with E-state index in [0.717, 1.165) is 19.5 Å². The van der Waals surface area contributed by atoms with E-state index in [1.165, 1.54) is 0 Å². The number of carbonyl (C=O) groups excluding carboxylic acids is 2. The average molecular weight is 435 g/mol. The molecule has 2 saturated heterocycles. The molecule has 1 aromatic carbocycles. The van der Waals surface area contributed by atoms with Crippen LogP contribution < -0.4 is 10.0 Å². The van der Waals surface area contributed by atoms with Crippen molar-refractivity contribution in [1.82, 2.24) is 14.5 Å². The quantitative estimate of drug-likeness (QED) is 0.737. The summed E-state index contributed by atoms with van der Waals surface area (Å²) in [6.45, 7) is 6.13. The highest BCUT2D eigenvalue weighted by molar-refractivity contribution is 7.89. The predicted octanol–water partition coefficient (Wildman–Crippen LogP) is 1.60. The summed E-state index contributed by atoms with van der Waals surface area (Å²) in [6, 6.07) is 6.77. The number of nitrogens with one attached hydrogen (secondary N) is 2. The molecule has 164 valence electrons. The van der Waals surface area contributed by atoms with Gasteiger partial charge < -0.3 is 15.1 Å². The van der Waals surface area contributed by atoms with Crippen LogP contribution in [0.15, 0.2) is 29.2 Å². The highest BCUT2D eigenvalue weighted by atomic mass is 32.2. The fraction of sp³-hybridized carbons (Fsp3) is 0.619. The second-order valence-corrected chi connectivity index (χ2v) is 10.8. The topological polar surface area (TPSA) is 98.8 Å². The lowest BCUT2D eigenvalue weighted by Gasteiger charge is -2.39. The Morgan fingerprint density at radius 1 is 1.17 bits per heavy atom. The molecular formula is C21H30N4O4S. The molecule has 3 aliphatic rings. The summed E-state index contributed by atoms with van der Waals surface area (Å²) in [5, 5.41) is 3.31. The second kappa shape index (κ2) is 7.85. The fourth-order valence-corrected chi connectivity index (χ4v) is 6.52. The van der Waals surface area contributed by atoms with Gasteiger partial charge in [-0.25, -0.2) is 8.42 Å². The normalized spacial score (nSPS) is 31.1. The number of rotatable bonds is 2. The van der Waals surface area contributed by atoms with Crippen molar-refractivity contribution in [3.05, 3.63) is 24.3 Å². The molecule has 1 aromatic rings. The van der Waals surface area contributed by atoms with Crippen molar-refractivity contribution in [3.8, 4) is 0 Å². The summed E-state index contributed by atoms with van der Waals surface area (Å²) < 4.78 is 28.3. The number of carbonyl (C=O) groups is 2. The van der Waals surface area contributed by atoms with E-state index in [1.54, 1.807) is 29.2 Å². The van der Waals surface area contributed by atoms with Crippen molar-refractivity contribution in [2.75, 3.05) is 31.5 Å². The largest absolute Gasteiger partial charge is 0.365 e. The van der Waals surface area contributed by atoms with Gasteiger partial charge in [-0.3, -0.25) is 9.59 Å². The first-order valence-electron chi connectivity index (χ1n) is 10.6. The molecule has 3 atom stereocenters. The molecule has 3 heterocycles. The first-order valence-corrected chi connectivity index (χ1v) is 12.1. The van der Waals surface area contributed by atoms with E-state index in [4.69, 9.17) is 0 Å². The van der Waals surface area contributed by atoms with Gasteiger partial charge in [0, 0.05) is 32.5 Å². The zero-order valence-electron chi connectivity index (χ0n) is 17.6. The highest BCUT2D eigenvalue weighted by Crippen LogP contribution is 2.35. The number of sulfonamides is 1. The number of para-hydroxylation sites is 1. The van der Waals surface area contributed by atoms with Crippen molar-refractivity contribution in [2.24, 2.45) is 11.8 Å². The molecule has 0 aromatic heterocycles. The standard InChI is InChI=1S/C21H30N4O4S/c1-15-11-16(2)13-25(12-15)20(27)14-24-10-9-21(8-7-19(24)26)22-17-5-3-4-6-18(17)30(28,29)23-21/h3-6,15-16,22-23H,7-14H2,1-2H3/t15-,16+,21-/m0/s1. The van der Waals surface area contributed by atoms with Crippen LogP contribution in [0.25, 0.3) is 0 Å². The zero-order chi connectivity index (χ0) is 21.5. The van der Waals surface area contributed by atoms with E-state index in [-0.39, 0.29) is 29.7 Å². The third kappa shape index (κ3) is 4.18. The Balaban J connectivity index is 1.47. The number of piperidine rings is 1.